The van der Waals surface area contributed by atoms with Crippen LogP contribution in [0.25, 0.3) is 0 Å². The largest absolute Gasteiger partial charge is 0.479 e. The molecular formula is C12H22N2O5. The molecule has 0 saturated carbocycles. The minimum atomic E-state index is -1.24. The molecule has 0 aliphatic rings. The molecule has 0 fully saturated rings. The zero-order valence-corrected chi connectivity index (χ0v) is 11.5. The standard InChI is InChI=1S/C12H22N2O5/c1-7(2)10(14-9(15)5-4-6-13)12(18)19-8(3)11(16)17/h7-8,10H,4-6,13H2,1-3H3,(H,14,15)(H,16,17)/t8-,10-/m0/s1. The van der Waals surface area contributed by atoms with Crippen molar-refractivity contribution in [3.8, 4) is 0 Å². The second-order valence-electron chi connectivity index (χ2n) is 4.60. The first-order valence-electron chi connectivity index (χ1n) is 6.22. The zero-order valence-electron chi connectivity index (χ0n) is 11.5. The minimum Gasteiger partial charge on any atom is -0.479 e. The van der Waals surface area contributed by atoms with E-state index >= 15 is 0 Å². The molecule has 0 aliphatic carbocycles. The summed E-state index contributed by atoms with van der Waals surface area (Å²) in [4.78, 5) is 33.9. The third-order valence-corrected chi connectivity index (χ3v) is 2.49. The van der Waals surface area contributed by atoms with E-state index in [1.54, 1.807) is 13.8 Å². The smallest absolute Gasteiger partial charge is 0.344 e. The van der Waals surface area contributed by atoms with Crippen LogP contribution in [-0.4, -0.2) is 41.6 Å². The number of nitrogens with one attached hydrogen (secondary N) is 1. The van der Waals surface area contributed by atoms with Crippen LogP contribution in [0.5, 0.6) is 0 Å². The summed E-state index contributed by atoms with van der Waals surface area (Å²) in [7, 11) is 0. The van der Waals surface area contributed by atoms with Crippen molar-refractivity contribution in [3.63, 3.8) is 0 Å². The van der Waals surface area contributed by atoms with Crippen molar-refractivity contribution in [1.29, 1.82) is 0 Å². The fourth-order valence-corrected chi connectivity index (χ4v) is 1.30. The first-order chi connectivity index (χ1) is 8.79. The summed E-state index contributed by atoms with van der Waals surface area (Å²) in [6.45, 7) is 5.12. The van der Waals surface area contributed by atoms with Gasteiger partial charge in [-0.05, 0) is 25.8 Å². The lowest BCUT2D eigenvalue weighted by Crippen LogP contribution is -2.46. The van der Waals surface area contributed by atoms with E-state index in [-0.39, 0.29) is 18.2 Å². The lowest BCUT2D eigenvalue weighted by Gasteiger charge is -2.22. The van der Waals surface area contributed by atoms with Crippen molar-refractivity contribution < 1.29 is 24.2 Å². The zero-order chi connectivity index (χ0) is 15.0. The highest BCUT2D eigenvalue weighted by atomic mass is 16.6. The van der Waals surface area contributed by atoms with Crippen molar-refractivity contribution in [2.24, 2.45) is 11.7 Å². The molecule has 7 heteroatoms. The van der Waals surface area contributed by atoms with E-state index in [4.69, 9.17) is 15.6 Å². The first-order valence-corrected chi connectivity index (χ1v) is 6.22. The third-order valence-electron chi connectivity index (χ3n) is 2.49. The Morgan fingerprint density at radius 1 is 1.26 bits per heavy atom. The Morgan fingerprint density at radius 3 is 2.26 bits per heavy atom. The molecule has 0 saturated heterocycles. The van der Waals surface area contributed by atoms with Gasteiger partial charge in [0.15, 0.2) is 6.10 Å². The van der Waals surface area contributed by atoms with Crippen LogP contribution in [0.15, 0.2) is 0 Å². The van der Waals surface area contributed by atoms with E-state index in [1.165, 1.54) is 6.92 Å². The SMILES string of the molecule is CC(C)[C@H](NC(=O)CCCN)C(=O)O[C@@H](C)C(=O)O. The Morgan fingerprint density at radius 2 is 1.84 bits per heavy atom. The van der Waals surface area contributed by atoms with E-state index < -0.39 is 24.1 Å². The lowest BCUT2D eigenvalue weighted by atomic mass is 10.0. The maximum atomic E-state index is 11.8. The minimum absolute atomic E-state index is 0.199. The third kappa shape index (κ3) is 6.76. The van der Waals surface area contributed by atoms with Gasteiger partial charge in [-0.2, -0.15) is 0 Å². The van der Waals surface area contributed by atoms with E-state index in [2.05, 4.69) is 5.32 Å². The second-order valence-corrected chi connectivity index (χ2v) is 4.60. The molecule has 0 bridgehead atoms. The topological polar surface area (TPSA) is 119 Å². The van der Waals surface area contributed by atoms with Gasteiger partial charge >= 0.3 is 11.9 Å². The molecule has 4 N–H and O–H groups in total. The van der Waals surface area contributed by atoms with Crippen molar-refractivity contribution in [3.05, 3.63) is 0 Å². The summed E-state index contributed by atoms with van der Waals surface area (Å²) in [5.41, 5.74) is 5.29. The van der Waals surface area contributed by atoms with E-state index in [0.29, 0.717) is 13.0 Å². The van der Waals surface area contributed by atoms with Crippen LogP contribution in [0.3, 0.4) is 0 Å². The summed E-state index contributed by atoms with van der Waals surface area (Å²) in [5, 5.41) is 11.2. The second kappa shape index (κ2) is 8.47. The quantitative estimate of drug-likeness (QED) is 0.531. The average molecular weight is 274 g/mol. The van der Waals surface area contributed by atoms with Gasteiger partial charge in [-0.3, -0.25) is 4.79 Å². The predicted octanol–water partition coefficient (Wildman–Crippen LogP) is -0.118. The van der Waals surface area contributed by atoms with Crippen molar-refractivity contribution >= 4 is 17.8 Å². The number of hydrogen-bond donors (Lipinski definition) is 3. The van der Waals surface area contributed by atoms with Gasteiger partial charge in [0.1, 0.15) is 6.04 Å². The Labute approximate surface area is 112 Å². The normalized spacial score (nSPS) is 13.7. The number of rotatable bonds is 8. The number of ether oxygens (including phenoxy) is 1. The molecule has 0 rings (SSSR count). The summed E-state index contributed by atoms with van der Waals surface area (Å²) in [5.74, 6) is -2.48. The van der Waals surface area contributed by atoms with Crippen molar-refractivity contribution in [2.45, 2.75) is 45.8 Å². The Bertz CT molecular complexity index is 330. The van der Waals surface area contributed by atoms with Gasteiger partial charge < -0.3 is 20.9 Å². The van der Waals surface area contributed by atoms with Gasteiger partial charge in [-0.15, -0.1) is 0 Å². The number of carbonyl (C=O) groups is 3. The molecule has 0 aliphatic heterocycles. The Balaban J connectivity index is 4.51. The predicted molar refractivity (Wildman–Crippen MR) is 68.2 cm³/mol. The molecular weight excluding hydrogens is 252 g/mol. The number of hydrogen-bond acceptors (Lipinski definition) is 5. The van der Waals surface area contributed by atoms with E-state index in [0.717, 1.165) is 0 Å². The molecule has 1 amide bonds. The molecule has 19 heavy (non-hydrogen) atoms. The molecule has 7 nitrogen and oxygen atoms in total. The van der Waals surface area contributed by atoms with Crippen molar-refractivity contribution in [1.82, 2.24) is 5.32 Å². The highest BCUT2D eigenvalue weighted by Crippen LogP contribution is 2.07. The number of esters is 1. The van der Waals surface area contributed by atoms with E-state index in [9.17, 15) is 14.4 Å². The van der Waals surface area contributed by atoms with Crippen LogP contribution in [0.4, 0.5) is 0 Å². The summed E-state index contributed by atoms with van der Waals surface area (Å²) < 4.78 is 4.76. The summed E-state index contributed by atoms with van der Waals surface area (Å²) in [6, 6.07) is -0.855. The van der Waals surface area contributed by atoms with Crippen LogP contribution < -0.4 is 11.1 Å². The highest BCUT2D eigenvalue weighted by molar-refractivity contribution is 5.86. The highest BCUT2D eigenvalue weighted by Gasteiger charge is 2.28. The Hall–Kier alpha value is -1.63. The fraction of sp³-hybridized carbons (Fsp3) is 0.750. The molecule has 0 heterocycles. The van der Waals surface area contributed by atoms with Gasteiger partial charge in [0.05, 0.1) is 0 Å². The number of carboxylic acids is 1. The van der Waals surface area contributed by atoms with Gasteiger partial charge in [0.25, 0.3) is 0 Å². The molecule has 110 valence electrons. The number of aliphatic carboxylic acids is 1. The maximum Gasteiger partial charge on any atom is 0.344 e. The number of carboxylic acid groups (broad SMARTS) is 1. The van der Waals surface area contributed by atoms with Gasteiger partial charge in [0, 0.05) is 6.42 Å². The average Bonchev–Trinajstić information content (AvgIpc) is 2.32. The first kappa shape index (κ1) is 17.4. The number of nitrogens with two attached hydrogens (primary N) is 1. The lowest BCUT2D eigenvalue weighted by molar-refractivity contribution is -0.165. The maximum absolute atomic E-state index is 11.8. The van der Waals surface area contributed by atoms with Crippen LogP contribution in [0.2, 0.25) is 0 Å². The van der Waals surface area contributed by atoms with Crippen LogP contribution in [0.1, 0.15) is 33.6 Å². The summed E-state index contributed by atoms with van der Waals surface area (Å²) in [6.07, 6.45) is -0.492. The molecule has 0 unspecified atom stereocenters. The molecule has 2 atom stereocenters. The summed E-state index contributed by atoms with van der Waals surface area (Å²) >= 11 is 0. The number of carbonyl (C=O) groups excluding carboxylic acids is 2. The molecule has 0 spiro atoms. The van der Waals surface area contributed by atoms with E-state index in [1.807, 2.05) is 0 Å². The monoisotopic (exact) mass is 274 g/mol. The Kier molecular flexibility index (Phi) is 7.74. The van der Waals surface area contributed by atoms with Gasteiger partial charge in [-0.1, -0.05) is 13.8 Å². The molecule has 0 aromatic heterocycles. The van der Waals surface area contributed by atoms with Crippen LogP contribution in [-0.2, 0) is 19.1 Å². The van der Waals surface area contributed by atoms with Gasteiger partial charge in [-0.25, -0.2) is 9.59 Å². The van der Waals surface area contributed by atoms with Gasteiger partial charge in [0.2, 0.25) is 5.91 Å². The van der Waals surface area contributed by atoms with Crippen LogP contribution >= 0.6 is 0 Å². The fourth-order valence-electron chi connectivity index (χ4n) is 1.30. The molecule has 0 radical (unpaired) electrons. The molecule has 0 aromatic rings. The molecule has 0 aromatic carbocycles. The van der Waals surface area contributed by atoms with Crippen LogP contribution in [0, 0.1) is 5.92 Å². The number of amides is 1. The van der Waals surface area contributed by atoms with Crippen molar-refractivity contribution in [2.75, 3.05) is 6.54 Å².